The molecule has 112 valence electrons. The molecule has 0 unspecified atom stereocenters. The van der Waals surface area contributed by atoms with Gasteiger partial charge in [0, 0.05) is 12.8 Å². The molecule has 0 aliphatic rings. The van der Waals surface area contributed by atoms with Crippen LogP contribution in [0.4, 0.5) is 5.69 Å². The summed E-state index contributed by atoms with van der Waals surface area (Å²) in [6.45, 7) is 0. The third-order valence-corrected chi connectivity index (χ3v) is 4.02. The molecule has 2 rings (SSSR count). The number of hydrogen-bond acceptors (Lipinski definition) is 5. The monoisotopic (exact) mass is 365 g/mol. The van der Waals surface area contributed by atoms with E-state index in [-0.39, 0.29) is 12.3 Å². The van der Waals surface area contributed by atoms with Crippen LogP contribution in [0.25, 0.3) is 0 Å². The molecule has 2 aromatic rings. The average Bonchev–Trinajstić information content (AvgIpc) is 2.90. The zero-order chi connectivity index (χ0) is 15.4. The van der Waals surface area contributed by atoms with Crippen LogP contribution in [0.2, 0.25) is 15.1 Å². The van der Waals surface area contributed by atoms with Gasteiger partial charge in [-0.3, -0.25) is 4.79 Å². The average molecular weight is 367 g/mol. The molecule has 5 nitrogen and oxygen atoms in total. The first kappa shape index (κ1) is 16.4. The molecule has 9 heteroatoms. The van der Waals surface area contributed by atoms with Crippen molar-refractivity contribution in [3.63, 3.8) is 0 Å². The highest BCUT2D eigenvalue weighted by atomic mass is 35.5. The number of aryl methyl sites for hydroxylation is 1. The summed E-state index contributed by atoms with van der Waals surface area (Å²) in [5, 5.41) is 11.7. The molecule has 0 saturated heterocycles. The lowest BCUT2D eigenvalue weighted by molar-refractivity contribution is -0.116. The lowest BCUT2D eigenvalue weighted by atomic mass is 10.2. The molecule has 0 aliphatic heterocycles. The zero-order valence-corrected chi connectivity index (χ0v) is 13.9. The molecule has 0 aliphatic carbocycles. The standard InChI is InChI=1S/C12H10Cl3N3O2S/c1-21-12-18-17-11(20-12)3-2-10(19)16-9-5-7(14)6(13)4-8(9)15/h4-5H,2-3H2,1H3,(H,16,19). The largest absolute Gasteiger partial charge is 0.416 e. The molecule has 0 fully saturated rings. The summed E-state index contributed by atoms with van der Waals surface area (Å²) in [4.78, 5) is 11.9. The molecule has 0 spiro atoms. The predicted molar refractivity (Wildman–Crippen MR) is 84.5 cm³/mol. The number of rotatable bonds is 5. The molecule has 0 saturated carbocycles. The van der Waals surface area contributed by atoms with Gasteiger partial charge in [-0.2, -0.15) is 0 Å². The van der Waals surface area contributed by atoms with Crippen LogP contribution in [0.1, 0.15) is 12.3 Å². The van der Waals surface area contributed by atoms with Crippen molar-refractivity contribution in [2.75, 3.05) is 11.6 Å². The molecule has 0 atom stereocenters. The minimum Gasteiger partial charge on any atom is -0.416 e. The van der Waals surface area contributed by atoms with Gasteiger partial charge in [-0.05, 0) is 18.4 Å². The molecule has 1 amide bonds. The van der Waals surface area contributed by atoms with Gasteiger partial charge in [-0.1, -0.05) is 46.6 Å². The highest BCUT2D eigenvalue weighted by molar-refractivity contribution is 7.98. The number of aromatic nitrogens is 2. The van der Waals surface area contributed by atoms with E-state index in [1.165, 1.54) is 23.9 Å². The lowest BCUT2D eigenvalue weighted by Crippen LogP contribution is -2.12. The summed E-state index contributed by atoms with van der Waals surface area (Å²) >= 11 is 19.0. The van der Waals surface area contributed by atoms with E-state index in [0.717, 1.165) is 0 Å². The van der Waals surface area contributed by atoms with Gasteiger partial charge in [0.1, 0.15) is 0 Å². The topological polar surface area (TPSA) is 68.0 Å². The highest BCUT2D eigenvalue weighted by Gasteiger charge is 2.11. The van der Waals surface area contributed by atoms with Gasteiger partial charge >= 0.3 is 0 Å². The fourth-order valence-corrected chi connectivity index (χ4v) is 2.37. The molecular weight excluding hydrogens is 357 g/mol. The Morgan fingerprint density at radius 2 is 1.95 bits per heavy atom. The first-order valence-corrected chi connectivity index (χ1v) is 8.16. The molecule has 1 aromatic carbocycles. The van der Waals surface area contributed by atoms with Crippen molar-refractivity contribution in [3.05, 3.63) is 33.1 Å². The summed E-state index contributed by atoms with van der Waals surface area (Å²) in [5.74, 6) is 0.175. The molecule has 21 heavy (non-hydrogen) atoms. The Morgan fingerprint density at radius 1 is 1.24 bits per heavy atom. The number of benzene rings is 1. The van der Waals surface area contributed by atoms with Gasteiger partial charge in [-0.15, -0.1) is 10.2 Å². The Balaban J connectivity index is 1.94. The van der Waals surface area contributed by atoms with Crippen molar-refractivity contribution < 1.29 is 9.21 Å². The Morgan fingerprint density at radius 3 is 2.62 bits per heavy atom. The number of nitrogens with zero attached hydrogens (tertiary/aromatic N) is 2. The maximum atomic E-state index is 11.9. The van der Waals surface area contributed by atoms with Gasteiger partial charge in [0.25, 0.3) is 5.22 Å². The maximum Gasteiger partial charge on any atom is 0.276 e. The minimum atomic E-state index is -0.237. The molecular formula is C12H10Cl3N3O2S. The van der Waals surface area contributed by atoms with Crippen molar-refractivity contribution in [1.82, 2.24) is 10.2 Å². The molecule has 1 N–H and O–H groups in total. The van der Waals surface area contributed by atoms with Crippen LogP contribution >= 0.6 is 46.6 Å². The molecule has 1 aromatic heterocycles. The van der Waals surface area contributed by atoms with E-state index in [4.69, 9.17) is 39.2 Å². The van der Waals surface area contributed by atoms with E-state index in [1.54, 1.807) is 0 Å². The normalized spacial score (nSPS) is 10.7. The summed E-state index contributed by atoms with van der Waals surface area (Å²) in [6.07, 6.45) is 2.36. The van der Waals surface area contributed by atoms with Crippen LogP contribution in [0.3, 0.4) is 0 Å². The second-order valence-corrected chi connectivity index (χ2v) is 5.94. The first-order chi connectivity index (χ1) is 9.99. The number of thioether (sulfide) groups is 1. The van der Waals surface area contributed by atoms with Crippen molar-refractivity contribution in [2.45, 2.75) is 18.1 Å². The van der Waals surface area contributed by atoms with Gasteiger partial charge in [0.2, 0.25) is 11.8 Å². The predicted octanol–water partition coefficient (Wildman–Crippen LogP) is 4.32. The highest BCUT2D eigenvalue weighted by Crippen LogP contribution is 2.32. The fraction of sp³-hybridized carbons (Fsp3) is 0.250. The van der Waals surface area contributed by atoms with Gasteiger partial charge in [0.15, 0.2) is 0 Å². The zero-order valence-electron chi connectivity index (χ0n) is 10.8. The number of nitrogens with one attached hydrogen (secondary N) is 1. The van der Waals surface area contributed by atoms with Gasteiger partial charge < -0.3 is 9.73 Å². The van der Waals surface area contributed by atoms with Crippen LogP contribution in [-0.2, 0) is 11.2 Å². The van der Waals surface area contributed by atoms with Crippen molar-refractivity contribution in [3.8, 4) is 0 Å². The summed E-state index contributed by atoms with van der Waals surface area (Å²) in [7, 11) is 0. The van der Waals surface area contributed by atoms with Crippen molar-refractivity contribution in [2.24, 2.45) is 0 Å². The third kappa shape index (κ3) is 4.51. The third-order valence-electron chi connectivity index (χ3n) is 2.47. The second kappa shape index (κ2) is 7.35. The second-order valence-electron chi connectivity index (χ2n) is 3.96. The Hall–Kier alpha value is -0.950. The minimum absolute atomic E-state index is 0.187. The van der Waals surface area contributed by atoms with Gasteiger partial charge in [-0.25, -0.2) is 0 Å². The Labute approximate surface area is 140 Å². The van der Waals surface area contributed by atoms with E-state index < -0.39 is 0 Å². The number of amides is 1. The van der Waals surface area contributed by atoms with Crippen molar-refractivity contribution in [1.29, 1.82) is 0 Å². The van der Waals surface area contributed by atoms with Crippen LogP contribution in [0.15, 0.2) is 21.8 Å². The number of carbonyl (C=O) groups is 1. The number of halogens is 3. The summed E-state index contributed by atoms with van der Waals surface area (Å²) in [5.41, 5.74) is 0.409. The van der Waals surface area contributed by atoms with Crippen LogP contribution in [0.5, 0.6) is 0 Å². The van der Waals surface area contributed by atoms with Crippen LogP contribution in [0, 0.1) is 0 Å². The quantitative estimate of drug-likeness (QED) is 0.630. The fourth-order valence-electron chi connectivity index (χ4n) is 1.47. The van der Waals surface area contributed by atoms with Crippen LogP contribution < -0.4 is 5.32 Å². The number of hydrogen-bond donors (Lipinski definition) is 1. The Kier molecular flexibility index (Phi) is 5.75. The summed E-state index contributed by atoms with van der Waals surface area (Å²) in [6, 6.07) is 2.98. The number of carbonyl (C=O) groups excluding carboxylic acids is 1. The van der Waals surface area contributed by atoms with E-state index in [9.17, 15) is 4.79 Å². The number of anilines is 1. The van der Waals surface area contributed by atoms with Crippen molar-refractivity contribution >= 4 is 58.2 Å². The first-order valence-electron chi connectivity index (χ1n) is 5.80. The van der Waals surface area contributed by atoms with E-state index >= 15 is 0 Å². The van der Waals surface area contributed by atoms with E-state index in [2.05, 4.69) is 15.5 Å². The smallest absolute Gasteiger partial charge is 0.276 e. The lowest BCUT2D eigenvalue weighted by Gasteiger charge is -2.08. The molecule has 0 bridgehead atoms. The SMILES string of the molecule is CSc1nnc(CCC(=O)Nc2cc(Cl)c(Cl)cc2Cl)o1. The van der Waals surface area contributed by atoms with Crippen LogP contribution in [-0.4, -0.2) is 22.4 Å². The van der Waals surface area contributed by atoms with Gasteiger partial charge in [0.05, 0.1) is 20.8 Å². The Bertz CT molecular complexity index is 663. The molecule has 0 radical (unpaired) electrons. The van der Waals surface area contributed by atoms with E-state index in [1.807, 2.05) is 6.26 Å². The summed E-state index contributed by atoms with van der Waals surface area (Å²) < 4.78 is 5.29. The van der Waals surface area contributed by atoms with E-state index in [0.29, 0.717) is 38.3 Å². The maximum absolute atomic E-state index is 11.9. The molecule has 1 heterocycles.